The molecule has 0 aliphatic rings. The number of carbonyl (C=O) groups excluding carboxylic acids is 1. The second kappa shape index (κ2) is 9.61. The third-order valence-electron chi connectivity index (χ3n) is 3.87. The molecule has 0 unspecified atom stereocenters. The van der Waals surface area contributed by atoms with Crippen LogP contribution in [0.1, 0.15) is 49.5 Å². The molecule has 6 heteroatoms. The van der Waals surface area contributed by atoms with E-state index in [1.807, 2.05) is 24.3 Å². The van der Waals surface area contributed by atoms with Gasteiger partial charge in [0, 0.05) is 12.6 Å². The number of hydrogen-bond donors (Lipinski definition) is 2. The van der Waals surface area contributed by atoms with Crippen LogP contribution in [0, 0.1) is 0 Å². The van der Waals surface area contributed by atoms with Crippen LogP contribution >= 0.6 is 0 Å². The largest absolute Gasteiger partial charge is 0.494 e. The number of hydrogen-bond acceptors (Lipinski definition) is 5. The summed E-state index contributed by atoms with van der Waals surface area (Å²) < 4.78 is 5.76. The summed E-state index contributed by atoms with van der Waals surface area (Å²) in [6, 6.07) is 9.24. The molecule has 2 aromatic rings. The molecule has 25 heavy (non-hydrogen) atoms. The zero-order chi connectivity index (χ0) is 18.1. The second-order valence-electron chi connectivity index (χ2n) is 5.86. The molecule has 0 atom stereocenters. The van der Waals surface area contributed by atoms with Crippen molar-refractivity contribution in [3.8, 4) is 17.0 Å². The van der Waals surface area contributed by atoms with Crippen molar-refractivity contribution >= 4 is 11.9 Å². The Hall–Kier alpha value is -2.63. The summed E-state index contributed by atoms with van der Waals surface area (Å²) in [7, 11) is 1.55. The van der Waals surface area contributed by atoms with Gasteiger partial charge < -0.3 is 15.8 Å². The first-order valence-corrected chi connectivity index (χ1v) is 8.74. The quantitative estimate of drug-likeness (QED) is 0.681. The van der Waals surface area contributed by atoms with Crippen molar-refractivity contribution in [3.63, 3.8) is 0 Å². The molecule has 0 spiro atoms. The maximum absolute atomic E-state index is 11.7. The fourth-order valence-corrected chi connectivity index (χ4v) is 2.48. The highest BCUT2D eigenvalue weighted by atomic mass is 16.5. The summed E-state index contributed by atoms with van der Waals surface area (Å²) in [5.74, 6) is 0.606. The van der Waals surface area contributed by atoms with Crippen LogP contribution < -0.4 is 15.8 Å². The fraction of sp³-hybridized carbons (Fsp3) is 0.421. The molecule has 134 valence electrons. The minimum absolute atomic E-state index is 0.0727. The number of nitrogens with zero attached hydrogens (tertiary/aromatic N) is 2. The fourth-order valence-electron chi connectivity index (χ4n) is 2.48. The highest BCUT2D eigenvalue weighted by molar-refractivity contribution is 5.93. The second-order valence-corrected chi connectivity index (χ2v) is 5.86. The van der Waals surface area contributed by atoms with E-state index in [1.54, 1.807) is 13.1 Å². The highest BCUT2D eigenvalue weighted by Crippen LogP contribution is 2.22. The molecule has 0 aliphatic carbocycles. The minimum Gasteiger partial charge on any atom is -0.494 e. The standard InChI is InChI=1S/C19H26N4O2/c1-3-4-5-6-7-12-25-15-10-8-14(9-11-15)16-13-17(18(24)21-2)23-19(20)22-16/h8-11,13H,3-7,12H2,1-2H3,(H,21,24)(H2,20,22,23). The van der Waals surface area contributed by atoms with E-state index in [-0.39, 0.29) is 17.5 Å². The summed E-state index contributed by atoms with van der Waals surface area (Å²) >= 11 is 0. The van der Waals surface area contributed by atoms with Crippen molar-refractivity contribution in [3.05, 3.63) is 36.0 Å². The number of nitrogens with one attached hydrogen (secondary N) is 1. The lowest BCUT2D eigenvalue weighted by molar-refractivity contribution is 0.0958. The van der Waals surface area contributed by atoms with E-state index >= 15 is 0 Å². The first-order chi connectivity index (χ1) is 12.1. The van der Waals surface area contributed by atoms with E-state index in [2.05, 4.69) is 22.2 Å². The van der Waals surface area contributed by atoms with Crippen LogP contribution in [0.2, 0.25) is 0 Å². The third-order valence-corrected chi connectivity index (χ3v) is 3.87. The molecule has 2 rings (SSSR count). The zero-order valence-corrected chi connectivity index (χ0v) is 14.9. The molecule has 1 aromatic carbocycles. The van der Waals surface area contributed by atoms with Gasteiger partial charge in [-0.2, -0.15) is 0 Å². The Morgan fingerprint density at radius 1 is 1.12 bits per heavy atom. The number of carbonyl (C=O) groups is 1. The predicted octanol–water partition coefficient (Wildman–Crippen LogP) is 3.43. The lowest BCUT2D eigenvalue weighted by Gasteiger charge is -2.08. The molecule has 1 amide bonds. The van der Waals surface area contributed by atoms with Gasteiger partial charge in [-0.15, -0.1) is 0 Å². The van der Waals surface area contributed by atoms with Gasteiger partial charge >= 0.3 is 0 Å². The summed E-state index contributed by atoms with van der Waals surface area (Å²) in [4.78, 5) is 19.9. The number of anilines is 1. The molecule has 0 fully saturated rings. The van der Waals surface area contributed by atoms with Gasteiger partial charge in [0.25, 0.3) is 5.91 Å². The minimum atomic E-state index is -0.293. The van der Waals surface area contributed by atoms with E-state index in [0.717, 1.165) is 24.3 Å². The number of nitrogen functional groups attached to an aromatic ring is 1. The molecule has 1 aromatic heterocycles. The molecule has 0 saturated heterocycles. The van der Waals surface area contributed by atoms with Crippen molar-refractivity contribution in [1.29, 1.82) is 0 Å². The number of rotatable bonds is 9. The van der Waals surface area contributed by atoms with Crippen molar-refractivity contribution in [1.82, 2.24) is 15.3 Å². The number of benzene rings is 1. The molecule has 3 N–H and O–H groups in total. The van der Waals surface area contributed by atoms with Crippen molar-refractivity contribution < 1.29 is 9.53 Å². The lowest BCUT2D eigenvalue weighted by Crippen LogP contribution is -2.20. The van der Waals surface area contributed by atoms with Crippen LogP contribution in [0.3, 0.4) is 0 Å². The molecule has 0 bridgehead atoms. The first-order valence-electron chi connectivity index (χ1n) is 8.74. The van der Waals surface area contributed by atoms with E-state index < -0.39 is 0 Å². The van der Waals surface area contributed by atoms with Crippen LogP contribution in [-0.4, -0.2) is 29.5 Å². The Labute approximate surface area is 148 Å². The van der Waals surface area contributed by atoms with Gasteiger partial charge in [-0.05, 0) is 36.8 Å². The van der Waals surface area contributed by atoms with Crippen molar-refractivity contribution in [2.24, 2.45) is 0 Å². The van der Waals surface area contributed by atoms with Gasteiger partial charge in [-0.25, -0.2) is 9.97 Å². The number of ether oxygens (including phenoxy) is 1. The van der Waals surface area contributed by atoms with Gasteiger partial charge in [-0.1, -0.05) is 32.6 Å². The van der Waals surface area contributed by atoms with Crippen molar-refractivity contribution in [2.45, 2.75) is 39.0 Å². The predicted molar refractivity (Wildman–Crippen MR) is 99.5 cm³/mol. The topological polar surface area (TPSA) is 90.1 Å². The van der Waals surface area contributed by atoms with E-state index in [4.69, 9.17) is 10.5 Å². The molecule has 0 saturated carbocycles. The molecular weight excluding hydrogens is 316 g/mol. The molecule has 0 aliphatic heterocycles. The van der Waals surface area contributed by atoms with Gasteiger partial charge in [0.05, 0.1) is 12.3 Å². The van der Waals surface area contributed by atoms with Gasteiger partial charge in [0.1, 0.15) is 11.4 Å². The van der Waals surface area contributed by atoms with Crippen LogP contribution in [0.4, 0.5) is 5.95 Å². The Kier molecular flexibility index (Phi) is 7.19. The smallest absolute Gasteiger partial charge is 0.269 e. The summed E-state index contributed by atoms with van der Waals surface area (Å²) in [6.07, 6.45) is 6.07. The number of aromatic nitrogens is 2. The number of amides is 1. The van der Waals surface area contributed by atoms with Crippen molar-refractivity contribution in [2.75, 3.05) is 19.4 Å². The molecule has 0 radical (unpaired) electrons. The number of nitrogens with two attached hydrogens (primary N) is 1. The summed E-state index contributed by atoms with van der Waals surface area (Å²) in [5.41, 5.74) is 7.42. The number of unbranched alkanes of at least 4 members (excludes halogenated alkanes) is 4. The summed E-state index contributed by atoms with van der Waals surface area (Å²) in [5, 5.41) is 2.53. The highest BCUT2D eigenvalue weighted by Gasteiger charge is 2.10. The average molecular weight is 342 g/mol. The van der Waals surface area contributed by atoms with Gasteiger partial charge in [-0.3, -0.25) is 4.79 Å². The maximum atomic E-state index is 11.7. The lowest BCUT2D eigenvalue weighted by atomic mass is 10.1. The van der Waals surface area contributed by atoms with Gasteiger partial charge in [0.15, 0.2) is 0 Å². The first kappa shape index (κ1) is 18.7. The van der Waals surface area contributed by atoms with Crippen LogP contribution in [-0.2, 0) is 0 Å². The van der Waals surface area contributed by atoms with Crippen LogP contribution in [0.25, 0.3) is 11.3 Å². The SMILES string of the molecule is CCCCCCCOc1ccc(-c2cc(C(=O)NC)nc(N)n2)cc1. The van der Waals surface area contributed by atoms with Crippen LogP contribution in [0.5, 0.6) is 5.75 Å². The summed E-state index contributed by atoms with van der Waals surface area (Å²) in [6.45, 7) is 2.94. The maximum Gasteiger partial charge on any atom is 0.269 e. The van der Waals surface area contributed by atoms with Crippen LogP contribution in [0.15, 0.2) is 30.3 Å². The Morgan fingerprint density at radius 2 is 1.84 bits per heavy atom. The zero-order valence-electron chi connectivity index (χ0n) is 14.9. The normalized spacial score (nSPS) is 10.5. The Morgan fingerprint density at radius 3 is 2.52 bits per heavy atom. The Balaban J connectivity index is 1.98. The third kappa shape index (κ3) is 5.74. The van der Waals surface area contributed by atoms with E-state index in [1.165, 1.54) is 25.7 Å². The molecular formula is C19H26N4O2. The monoisotopic (exact) mass is 342 g/mol. The molecule has 6 nitrogen and oxygen atoms in total. The van der Waals surface area contributed by atoms with E-state index in [9.17, 15) is 4.79 Å². The van der Waals surface area contributed by atoms with E-state index in [0.29, 0.717) is 5.69 Å². The Bertz CT molecular complexity index is 686. The molecule has 1 heterocycles. The average Bonchev–Trinajstić information content (AvgIpc) is 2.64. The van der Waals surface area contributed by atoms with Gasteiger partial charge in [0.2, 0.25) is 5.95 Å².